The zero-order chi connectivity index (χ0) is 17.1. The lowest BCUT2D eigenvalue weighted by molar-refractivity contribution is -0.128. The maximum Gasteiger partial charge on any atom is 0.230 e. The molecular formula is C18H22N4O2. The summed E-state index contributed by atoms with van der Waals surface area (Å²) < 4.78 is 1.64. The number of nitrogens with one attached hydrogen (secondary N) is 1. The molecule has 1 atom stereocenters. The minimum atomic E-state index is -0.302. The van der Waals surface area contributed by atoms with Gasteiger partial charge in [-0.05, 0) is 18.9 Å². The molecule has 6 heteroatoms. The molecule has 24 heavy (non-hydrogen) atoms. The number of amides is 2. The van der Waals surface area contributed by atoms with Crippen molar-refractivity contribution in [1.29, 1.82) is 0 Å². The minimum absolute atomic E-state index is 0.0484. The van der Waals surface area contributed by atoms with E-state index in [1.165, 1.54) is 5.56 Å². The summed E-state index contributed by atoms with van der Waals surface area (Å²) in [6.45, 7) is 3.01. The zero-order valence-electron chi connectivity index (χ0n) is 14.0. The van der Waals surface area contributed by atoms with Crippen LogP contribution in [0.15, 0.2) is 36.4 Å². The van der Waals surface area contributed by atoms with Crippen LogP contribution >= 0.6 is 0 Å². The van der Waals surface area contributed by atoms with E-state index in [1.807, 2.05) is 31.2 Å². The summed E-state index contributed by atoms with van der Waals surface area (Å²) in [5, 5.41) is 7.08. The predicted octanol–water partition coefficient (Wildman–Crippen LogP) is 1.76. The number of nitrogens with zero attached hydrogens (tertiary/aromatic N) is 3. The van der Waals surface area contributed by atoms with Gasteiger partial charge < -0.3 is 10.2 Å². The minimum Gasteiger partial charge on any atom is -0.342 e. The number of rotatable bonds is 5. The Hall–Kier alpha value is -2.63. The van der Waals surface area contributed by atoms with E-state index < -0.39 is 0 Å². The number of carbonyl (C=O) groups is 2. The second-order valence-electron chi connectivity index (χ2n) is 6.26. The molecule has 1 aliphatic rings. The van der Waals surface area contributed by atoms with Crippen molar-refractivity contribution in [2.24, 2.45) is 13.0 Å². The van der Waals surface area contributed by atoms with Crippen LogP contribution in [0, 0.1) is 12.8 Å². The molecule has 0 unspecified atom stereocenters. The van der Waals surface area contributed by atoms with Gasteiger partial charge in [0.1, 0.15) is 5.82 Å². The van der Waals surface area contributed by atoms with Gasteiger partial charge in [-0.2, -0.15) is 5.10 Å². The second-order valence-corrected chi connectivity index (χ2v) is 6.26. The lowest BCUT2D eigenvalue weighted by Gasteiger charge is -2.16. The topological polar surface area (TPSA) is 67.2 Å². The third kappa shape index (κ3) is 3.64. The third-order valence-corrected chi connectivity index (χ3v) is 4.35. The lowest BCUT2D eigenvalue weighted by Crippen LogP contribution is -2.30. The molecule has 1 aromatic heterocycles. The van der Waals surface area contributed by atoms with Crippen LogP contribution in [-0.2, 0) is 23.1 Å². The number of likely N-dealkylation sites (tertiary alicyclic amines) is 1. The van der Waals surface area contributed by atoms with Crippen LogP contribution in [0.4, 0.5) is 5.82 Å². The number of aryl methyl sites for hydroxylation is 2. The quantitative estimate of drug-likeness (QED) is 0.910. The Morgan fingerprint density at radius 1 is 1.33 bits per heavy atom. The first kappa shape index (κ1) is 16.2. The summed E-state index contributed by atoms with van der Waals surface area (Å²) in [5.74, 6) is 0.289. The summed E-state index contributed by atoms with van der Waals surface area (Å²) in [6, 6.07) is 11.9. The van der Waals surface area contributed by atoms with Gasteiger partial charge in [0.2, 0.25) is 11.8 Å². The number of hydrogen-bond donors (Lipinski definition) is 1. The Kier molecular flexibility index (Phi) is 4.64. The molecule has 126 valence electrons. The second kappa shape index (κ2) is 6.86. The van der Waals surface area contributed by atoms with E-state index in [1.54, 1.807) is 16.6 Å². The molecule has 1 fully saturated rings. The molecule has 6 nitrogen and oxygen atoms in total. The maximum absolute atomic E-state index is 12.4. The fourth-order valence-corrected chi connectivity index (χ4v) is 3.03. The Morgan fingerprint density at radius 2 is 2.08 bits per heavy atom. The number of hydrogen-bond acceptors (Lipinski definition) is 3. The number of aromatic nitrogens is 2. The first-order chi connectivity index (χ1) is 11.5. The molecule has 1 aliphatic heterocycles. The van der Waals surface area contributed by atoms with Crippen molar-refractivity contribution in [3.63, 3.8) is 0 Å². The van der Waals surface area contributed by atoms with Crippen LogP contribution < -0.4 is 5.32 Å². The first-order valence-corrected chi connectivity index (χ1v) is 8.16. The fraction of sp³-hybridized carbons (Fsp3) is 0.389. The SMILES string of the molecule is Cc1cc(NC(=O)[C@H]2CC(=O)N(CCc3ccccc3)C2)n(C)n1. The number of benzene rings is 1. The monoisotopic (exact) mass is 326 g/mol. The Balaban J connectivity index is 1.56. The Bertz CT molecular complexity index is 739. The van der Waals surface area contributed by atoms with Gasteiger partial charge in [-0.1, -0.05) is 30.3 Å². The molecule has 2 amide bonds. The highest BCUT2D eigenvalue weighted by atomic mass is 16.2. The maximum atomic E-state index is 12.4. The van der Waals surface area contributed by atoms with Crippen LogP contribution in [0.3, 0.4) is 0 Å². The van der Waals surface area contributed by atoms with Crippen LogP contribution in [0.2, 0.25) is 0 Å². The van der Waals surface area contributed by atoms with E-state index in [-0.39, 0.29) is 24.2 Å². The molecule has 2 heterocycles. The molecule has 2 aromatic rings. The highest BCUT2D eigenvalue weighted by molar-refractivity contribution is 5.96. The molecule has 3 rings (SSSR count). The first-order valence-electron chi connectivity index (χ1n) is 8.16. The summed E-state index contributed by atoms with van der Waals surface area (Å²) >= 11 is 0. The van der Waals surface area contributed by atoms with Gasteiger partial charge in [0.15, 0.2) is 0 Å². The molecule has 1 aromatic carbocycles. The largest absolute Gasteiger partial charge is 0.342 e. The van der Waals surface area contributed by atoms with Crippen molar-refractivity contribution >= 4 is 17.6 Å². The van der Waals surface area contributed by atoms with Crippen molar-refractivity contribution < 1.29 is 9.59 Å². The normalized spacial score (nSPS) is 17.3. The summed E-state index contributed by atoms with van der Waals surface area (Å²) in [4.78, 5) is 26.4. The molecule has 0 aliphatic carbocycles. The van der Waals surface area contributed by atoms with Crippen LogP contribution in [0.5, 0.6) is 0 Å². The average Bonchev–Trinajstić information content (AvgIpc) is 3.08. The van der Waals surface area contributed by atoms with E-state index in [9.17, 15) is 9.59 Å². The van der Waals surface area contributed by atoms with Crippen molar-refractivity contribution in [2.45, 2.75) is 19.8 Å². The molecule has 1 saturated heterocycles. The van der Waals surface area contributed by atoms with Crippen molar-refractivity contribution in [3.8, 4) is 0 Å². The van der Waals surface area contributed by atoms with Crippen LogP contribution in [0.25, 0.3) is 0 Å². The van der Waals surface area contributed by atoms with Crippen molar-refractivity contribution in [2.75, 3.05) is 18.4 Å². The van der Waals surface area contributed by atoms with Gasteiger partial charge in [-0.3, -0.25) is 14.3 Å². The van der Waals surface area contributed by atoms with E-state index in [0.717, 1.165) is 12.1 Å². The number of carbonyl (C=O) groups excluding carboxylic acids is 2. The molecule has 0 saturated carbocycles. The van der Waals surface area contributed by atoms with Gasteiger partial charge >= 0.3 is 0 Å². The lowest BCUT2D eigenvalue weighted by atomic mass is 10.1. The van der Waals surface area contributed by atoms with Gasteiger partial charge in [0.25, 0.3) is 0 Å². The predicted molar refractivity (Wildman–Crippen MR) is 91.4 cm³/mol. The third-order valence-electron chi connectivity index (χ3n) is 4.35. The highest BCUT2D eigenvalue weighted by Crippen LogP contribution is 2.20. The van der Waals surface area contributed by atoms with Gasteiger partial charge in [0, 0.05) is 32.6 Å². The van der Waals surface area contributed by atoms with Gasteiger partial charge in [0.05, 0.1) is 11.6 Å². The smallest absolute Gasteiger partial charge is 0.230 e. The van der Waals surface area contributed by atoms with Crippen LogP contribution in [0.1, 0.15) is 17.7 Å². The number of anilines is 1. The standard InChI is InChI=1S/C18H22N4O2/c1-13-10-16(21(2)20-13)19-18(24)15-11-17(23)22(12-15)9-8-14-6-4-3-5-7-14/h3-7,10,15H,8-9,11-12H2,1-2H3,(H,19,24)/t15-/m0/s1. The van der Waals surface area contributed by atoms with E-state index in [0.29, 0.717) is 18.9 Å². The Morgan fingerprint density at radius 3 is 2.75 bits per heavy atom. The highest BCUT2D eigenvalue weighted by Gasteiger charge is 2.34. The molecule has 0 radical (unpaired) electrons. The summed E-state index contributed by atoms with van der Waals surface area (Å²) in [6.07, 6.45) is 1.08. The molecule has 0 spiro atoms. The fourth-order valence-electron chi connectivity index (χ4n) is 3.03. The van der Waals surface area contributed by atoms with E-state index in [2.05, 4.69) is 22.5 Å². The zero-order valence-corrected chi connectivity index (χ0v) is 14.0. The van der Waals surface area contributed by atoms with E-state index >= 15 is 0 Å². The molecular weight excluding hydrogens is 304 g/mol. The molecule has 0 bridgehead atoms. The van der Waals surface area contributed by atoms with Gasteiger partial charge in [-0.25, -0.2) is 0 Å². The van der Waals surface area contributed by atoms with Gasteiger partial charge in [-0.15, -0.1) is 0 Å². The average molecular weight is 326 g/mol. The summed E-state index contributed by atoms with van der Waals surface area (Å²) in [7, 11) is 1.79. The van der Waals surface area contributed by atoms with Crippen LogP contribution in [-0.4, -0.2) is 39.6 Å². The summed E-state index contributed by atoms with van der Waals surface area (Å²) in [5.41, 5.74) is 2.04. The Labute approximate surface area is 141 Å². The van der Waals surface area contributed by atoms with Crippen molar-refractivity contribution in [3.05, 3.63) is 47.7 Å². The van der Waals surface area contributed by atoms with Crippen molar-refractivity contribution in [1.82, 2.24) is 14.7 Å². The van der Waals surface area contributed by atoms with E-state index in [4.69, 9.17) is 0 Å². The molecule has 1 N–H and O–H groups in total.